The third kappa shape index (κ3) is 3.30. The van der Waals surface area contributed by atoms with Crippen molar-refractivity contribution in [1.82, 2.24) is 9.78 Å². The van der Waals surface area contributed by atoms with Gasteiger partial charge in [-0.15, -0.1) is 0 Å². The first-order valence-corrected chi connectivity index (χ1v) is 9.00. The van der Waals surface area contributed by atoms with E-state index >= 15 is 0 Å². The van der Waals surface area contributed by atoms with Crippen LogP contribution in [0.3, 0.4) is 0 Å². The Bertz CT molecular complexity index is 1220. The van der Waals surface area contributed by atoms with Crippen LogP contribution in [0.15, 0.2) is 77.6 Å². The number of para-hydroxylation sites is 1. The molecule has 1 heterocycles. The van der Waals surface area contributed by atoms with Gasteiger partial charge < -0.3 is 5.32 Å². The number of amides is 1. The molecule has 5 heteroatoms. The summed E-state index contributed by atoms with van der Waals surface area (Å²) in [5, 5.41) is 7.62. The third-order valence-corrected chi connectivity index (χ3v) is 4.59. The van der Waals surface area contributed by atoms with Gasteiger partial charge in [-0.05, 0) is 50.2 Å². The third-order valence-electron chi connectivity index (χ3n) is 4.59. The molecule has 0 spiro atoms. The van der Waals surface area contributed by atoms with Crippen molar-refractivity contribution in [3.05, 3.63) is 99.8 Å². The van der Waals surface area contributed by atoms with Crippen LogP contribution in [0.1, 0.15) is 21.6 Å². The maximum Gasteiger partial charge on any atom is 0.280 e. The molecule has 0 saturated heterocycles. The summed E-state index contributed by atoms with van der Waals surface area (Å²) in [4.78, 5) is 25.7. The number of aromatic nitrogens is 2. The second-order valence-electron chi connectivity index (χ2n) is 6.76. The lowest BCUT2D eigenvalue weighted by atomic mass is 10.1. The number of nitrogens with one attached hydrogen (secondary N) is 1. The van der Waals surface area contributed by atoms with E-state index in [1.165, 1.54) is 0 Å². The first-order valence-electron chi connectivity index (χ1n) is 9.00. The van der Waals surface area contributed by atoms with Gasteiger partial charge in [-0.25, -0.2) is 4.68 Å². The van der Waals surface area contributed by atoms with Crippen molar-refractivity contribution in [2.45, 2.75) is 13.8 Å². The van der Waals surface area contributed by atoms with Crippen LogP contribution in [-0.2, 0) is 0 Å². The van der Waals surface area contributed by atoms with Crippen LogP contribution in [0.4, 0.5) is 5.69 Å². The lowest BCUT2D eigenvalue weighted by Gasteiger charge is -2.12. The molecule has 0 aliphatic rings. The van der Waals surface area contributed by atoms with Gasteiger partial charge in [0, 0.05) is 5.69 Å². The molecule has 0 aliphatic carbocycles. The Labute approximate surface area is 162 Å². The minimum atomic E-state index is -0.527. The zero-order chi connectivity index (χ0) is 19.7. The summed E-state index contributed by atoms with van der Waals surface area (Å²) in [5.41, 5.74) is 3.74. The molecule has 0 radical (unpaired) electrons. The smallest absolute Gasteiger partial charge is 0.280 e. The predicted molar refractivity (Wildman–Crippen MR) is 111 cm³/mol. The number of benzene rings is 3. The van der Waals surface area contributed by atoms with Crippen LogP contribution >= 0.6 is 0 Å². The second kappa shape index (κ2) is 7.12. The highest BCUT2D eigenvalue weighted by Gasteiger charge is 2.18. The van der Waals surface area contributed by atoms with Crippen LogP contribution in [0.5, 0.6) is 0 Å². The molecule has 0 unspecified atom stereocenters. The zero-order valence-electron chi connectivity index (χ0n) is 15.6. The van der Waals surface area contributed by atoms with Gasteiger partial charge in [-0.2, -0.15) is 5.10 Å². The zero-order valence-corrected chi connectivity index (χ0v) is 15.6. The number of anilines is 1. The predicted octanol–water partition coefficient (Wildman–Crippen LogP) is 4.25. The normalized spacial score (nSPS) is 10.8. The molecule has 4 rings (SSSR count). The SMILES string of the molecule is Cc1ccc(NC(=O)c2nn(-c3ccc(C)cc3)c3ccccc3c2=O)cc1. The van der Waals surface area contributed by atoms with Gasteiger partial charge in [0.25, 0.3) is 5.91 Å². The fourth-order valence-corrected chi connectivity index (χ4v) is 3.04. The Kier molecular flexibility index (Phi) is 4.49. The van der Waals surface area contributed by atoms with E-state index in [2.05, 4.69) is 10.4 Å². The summed E-state index contributed by atoms with van der Waals surface area (Å²) in [6, 6.07) is 22.3. The average molecular weight is 369 g/mol. The second-order valence-corrected chi connectivity index (χ2v) is 6.76. The Morgan fingerprint density at radius 1 is 0.857 bits per heavy atom. The van der Waals surface area contributed by atoms with Crippen LogP contribution < -0.4 is 10.7 Å². The minimum absolute atomic E-state index is 0.139. The topological polar surface area (TPSA) is 64.0 Å². The van der Waals surface area contributed by atoms with Crippen molar-refractivity contribution in [3.63, 3.8) is 0 Å². The number of nitrogens with zero attached hydrogens (tertiary/aromatic N) is 2. The summed E-state index contributed by atoms with van der Waals surface area (Å²) in [6.45, 7) is 3.97. The highest BCUT2D eigenvalue weighted by atomic mass is 16.2. The molecule has 1 amide bonds. The average Bonchev–Trinajstić information content (AvgIpc) is 2.71. The van der Waals surface area contributed by atoms with Crippen molar-refractivity contribution >= 4 is 22.5 Å². The highest BCUT2D eigenvalue weighted by molar-refractivity contribution is 6.04. The summed E-state index contributed by atoms with van der Waals surface area (Å²) < 4.78 is 1.64. The van der Waals surface area contributed by atoms with Gasteiger partial charge in [0.05, 0.1) is 16.6 Å². The molecule has 3 aromatic carbocycles. The lowest BCUT2D eigenvalue weighted by Crippen LogP contribution is -2.26. The molecule has 0 fully saturated rings. The van der Waals surface area contributed by atoms with E-state index in [1.807, 2.05) is 62.4 Å². The maximum atomic E-state index is 12.9. The fraction of sp³-hybridized carbons (Fsp3) is 0.0870. The highest BCUT2D eigenvalue weighted by Crippen LogP contribution is 2.17. The Hall–Kier alpha value is -3.73. The van der Waals surface area contributed by atoms with Crippen LogP contribution in [-0.4, -0.2) is 15.7 Å². The van der Waals surface area contributed by atoms with Gasteiger partial charge in [0.15, 0.2) is 5.69 Å². The molecular formula is C23H19N3O2. The molecule has 0 aliphatic heterocycles. The molecule has 28 heavy (non-hydrogen) atoms. The number of hydrogen-bond acceptors (Lipinski definition) is 3. The van der Waals surface area contributed by atoms with Crippen molar-refractivity contribution < 1.29 is 4.79 Å². The standard InChI is InChI=1S/C23H19N3O2/c1-15-7-11-17(12-8-15)24-23(28)21-22(27)19-5-3-4-6-20(19)26(25-21)18-13-9-16(2)10-14-18/h3-14H,1-2H3,(H,24,28). The van der Waals surface area contributed by atoms with Crippen molar-refractivity contribution in [1.29, 1.82) is 0 Å². The quantitative estimate of drug-likeness (QED) is 0.587. The number of hydrogen-bond donors (Lipinski definition) is 1. The number of fused-ring (bicyclic) bond motifs is 1. The van der Waals surface area contributed by atoms with E-state index in [4.69, 9.17) is 0 Å². The molecule has 0 saturated carbocycles. The van der Waals surface area contributed by atoms with Crippen LogP contribution in [0, 0.1) is 13.8 Å². The Balaban J connectivity index is 1.85. The Morgan fingerprint density at radius 2 is 1.46 bits per heavy atom. The number of aryl methyl sites for hydroxylation is 2. The van der Waals surface area contributed by atoms with Gasteiger partial charge >= 0.3 is 0 Å². The summed E-state index contributed by atoms with van der Waals surface area (Å²) in [5.74, 6) is -0.527. The molecule has 5 nitrogen and oxygen atoms in total. The lowest BCUT2D eigenvalue weighted by molar-refractivity contribution is 0.102. The monoisotopic (exact) mass is 369 g/mol. The van der Waals surface area contributed by atoms with E-state index in [0.29, 0.717) is 16.6 Å². The molecule has 0 bridgehead atoms. The number of rotatable bonds is 3. The molecule has 1 N–H and O–H groups in total. The van der Waals surface area contributed by atoms with Gasteiger partial charge in [0.1, 0.15) is 0 Å². The summed E-state index contributed by atoms with van der Waals surface area (Å²) in [6.07, 6.45) is 0. The first-order chi connectivity index (χ1) is 13.5. The van der Waals surface area contributed by atoms with E-state index in [9.17, 15) is 9.59 Å². The molecule has 4 aromatic rings. The fourth-order valence-electron chi connectivity index (χ4n) is 3.04. The Morgan fingerprint density at radius 3 is 2.14 bits per heavy atom. The van der Waals surface area contributed by atoms with Gasteiger partial charge in [-0.3, -0.25) is 9.59 Å². The van der Waals surface area contributed by atoms with Crippen molar-refractivity contribution in [2.75, 3.05) is 5.32 Å². The van der Waals surface area contributed by atoms with Crippen molar-refractivity contribution in [3.8, 4) is 5.69 Å². The van der Waals surface area contributed by atoms with Crippen LogP contribution in [0.25, 0.3) is 16.6 Å². The maximum absolute atomic E-state index is 12.9. The van der Waals surface area contributed by atoms with E-state index in [1.54, 1.807) is 28.9 Å². The van der Waals surface area contributed by atoms with Gasteiger partial charge in [-0.1, -0.05) is 47.5 Å². The van der Waals surface area contributed by atoms with E-state index in [-0.39, 0.29) is 11.1 Å². The van der Waals surface area contributed by atoms with E-state index in [0.717, 1.165) is 16.8 Å². The molecular weight excluding hydrogens is 350 g/mol. The summed E-state index contributed by atoms with van der Waals surface area (Å²) in [7, 11) is 0. The number of carbonyl (C=O) groups is 1. The summed E-state index contributed by atoms with van der Waals surface area (Å²) >= 11 is 0. The van der Waals surface area contributed by atoms with Gasteiger partial charge in [0.2, 0.25) is 5.43 Å². The minimum Gasteiger partial charge on any atom is -0.320 e. The van der Waals surface area contributed by atoms with Crippen LogP contribution in [0.2, 0.25) is 0 Å². The molecule has 1 aromatic heterocycles. The number of carbonyl (C=O) groups excluding carboxylic acids is 1. The first kappa shape index (κ1) is 17.7. The van der Waals surface area contributed by atoms with E-state index < -0.39 is 5.91 Å². The van der Waals surface area contributed by atoms with Crippen molar-refractivity contribution in [2.24, 2.45) is 0 Å². The largest absolute Gasteiger partial charge is 0.320 e. The molecule has 138 valence electrons. The molecule has 0 atom stereocenters.